The van der Waals surface area contributed by atoms with Gasteiger partial charge in [-0.3, -0.25) is 9.59 Å². The third kappa shape index (κ3) is 1.96. The highest BCUT2D eigenvalue weighted by molar-refractivity contribution is 6.00. The molecule has 5 heteroatoms. The van der Waals surface area contributed by atoms with Crippen molar-refractivity contribution in [3.05, 3.63) is 28.8 Å². The van der Waals surface area contributed by atoms with Crippen LogP contribution in [0.3, 0.4) is 0 Å². The molecule has 28 heavy (non-hydrogen) atoms. The molecule has 5 atom stereocenters. The molecule has 1 aromatic carbocycles. The normalized spacial score (nSPS) is 40.5. The van der Waals surface area contributed by atoms with E-state index in [4.69, 9.17) is 4.74 Å². The van der Waals surface area contributed by atoms with Crippen molar-refractivity contribution >= 4 is 11.7 Å². The SMILES string of the molecule is C[C@H]1CC[C@H]2C(C)(C)C(=O)CC[C@]23Oc2c(ccc4c2C(O)NC4=O)C[C@]13C. The van der Waals surface area contributed by atoms with E-state index in [1.807, 2.05) is 12.1 Å². The van der Waals surface area contributed by atoms with Crippen LogP contribution in [0, 0.1) is 22.7 Å². The Bertz CT molecular complexity index is 906. The Labute approximate surface area is 165 Å². The summed E-state index contributed by atoms with van der Waals surface area (Å²) in [6.45, 7) is 8.78. The van der Waals surface area contributed by atoms with Gasteiger partial charge in [-0.05, 0) is 43.2 Å². The van der Waals surface area contributed by atoms with Gasteiger partial charge in [0.15, 0.2) is 6.23 Å². The summed E-state index contributed by atoms with van der Waals surface area (Å²) in [6.07, 6.45) is 3.11. The minimum absolute atomic E-state index is 0.0872. The summed E-state index contributed by atoms with van der Waals surface area (Å²) in [5, 5.41) is 13.1. The predicted molar refractivity (Wildman–Crippen MR) is 104 cm³/mol. The average Bonchev–Trinajstić information content (AvgIpc) is 2.92. The molecule has 150 valence electrons. The molecule has 5 rings (SSSR count). The smallest absolute Gasteiger partial charge is 0.254 e. The highest BCUT2D eigenvalue weighted by Crippen LogP contribution is 2.65. The molecule has 2 heterocycles. The monoisotopic (exact) mass is 383 g/mol. The van der Waals surface area contributed by atoms with Crippen molar-refractivity contribution < 1.29 is 19.4 Å². The van der Waals surface area contributed by atoms with Crippen LogP contribution < -0.4 is 10.1 Å². The molecule has 5 nitrogen and oxygen atoms in total. The Balaban J connectivity index is 1.73. The fraction of sp³-hybridized carbons (Fsp3) is 0.652. The van der Waals surface area contributed by atoms with Gasteiger partial charge in [0.25, 0.3) is 5.91 Å². The largest absolute Gasteiger partial charge is 0.486 e. The maximum atomic E-state index is 12.8. The van der Waals surface area contributed by atoms with Crippen LogP contribution in [0.2, 0.25) is 0 Å². The van der Waals surface area contributed by atoms with Gasteiger partial charge in [-0.15, -0.1) is 0 Å². The Morgan fingerprint density at radius 1 is 1.18 bits per heavy atom. The summed E-state index contributed by atoms with van der Waals surface area (Å²) in [6, 6.07) is 3.79. The molecule has 1 aromatic rings. The third-order valence-electron chi connectivity index (χ3n) is 8.72. The Hall–Kier alpha value is -1.88. The number of carbonyl (C=O) groups excluding carboxylic acids is 2. The predicted octanol–water partition coefficient (Wildman–Crippen LogP) is 3.54. The van der Waals surface area contributed by atoms with Gasteiger partial charge >= 0.3 is 0 Å². The van der Waals surface area contributed by atoms with E-state index < -0.39 is 17.2 Å². The fourth-order valence-electron chi connectivity index (χ4n) is 6.79. The number of benzene rings is 1. The quantitative estimate of drug-likeness (QED) is 0.719. The summed E-state index contributed by atoms with van der Waals surface area (Å²) in [7, 11) is 0. The lowest BCUT2D eigenvalue weighted by atomic mass is 9.44. The van der Waals surface area contributed by atoms with E-state index in [-0.39, 0.29) is 17.2 Å². The number of amides is 1. The minimum atomic E-state index is -1.03. The molecule has 2 N–H and O–H groups in total. The van der Waals surface area contributed by atoms with Gasteiger partial charge in [-0.2, -0.15) is 0 Å². The van der Waals surface area contributed by atoms with Gasteiger partial charge in [0.1, 0.15) is 17.1 Å². The van der Waals surface area contributed by atoms with Crippen LogP contribution in [0.4, 0.5) is 0 Å². The van der Waals surface area contributed by atoms with E-state index in [9.17, 15) is 14.7 Å². The molecule has 0 bridgehead atoms. The van der Waals surface area contributed by atoms with E-state index in [0.717, 1.165) is 24.8 Å². The Kier molecular flexibility index (Phi) is 3.49. The maximum absolute atomic E-state index is 12.8. The zero-order valence-corrected chi connectivity index (χ0v) is 17.1. The molecular weight excluding hydrogens is 354 g/mol. The van der Waals surface area contributed by atoms with Crippen LogP contribution in [0.1, 0.15) is 81.1 Å². The van der Waals surface area contributed by atoms with Crippen molar-refractivity contribution in [2.75, 3.05) is 0 Å². The second-order valence-corrected chi connectivity index (χ2v) is 10.2. The topological polar surface area (TPSA) is 75.6 Å². The van der Waals surface area contributed by atoms with Gasteiger partial charge in [-0.1, -0.05) is 33.8 Å². The van der Waals surface area contributed by atoms with E-state index in [1.54, 1.807) is 0 Å². The van der Waals surface area contributed by atoms with Gasteiger partial charge in [0.05, 0.1) is 11.1 Å². The molecule has 2 fully saturated rings. The van der Waals surface area contributed by atoms with E-state index in [1.165, 1.54) is 0 Å². The zero-order valence-electron chi connectivity index (χ0n) is 17.1. The number of fused-ring (bicyclic) bond motifs is 3. The van der Waals surface area contributed by atoms with Crippen molar-refractivity contribution in [3.8, 4) is 5.75 Å². The lowest BCUT2D eigenvalue weighted by Crippen LogP contribution is -2.69. The zero-order chi connectivity index (χ0) is 20.1. The summed E-state index contributed by atoms with van der Waals surface area (Å²) in [5.74, 6) is 1.34. The second-order valence-electron chi connectivity index (χ2n) is 10.2. The number of ketones is 1. The van der Waals surface area contributed by atoms with Crippen molar-refractivity contribution in [3.63, 3.8) is 0 Å². The highest BCUT2D eigenvalue weighted by Gasteiger charge is 2.67. The first-order valence-corrected chi connectivity index (χ1v) is 10.5. The number of Topliss-reactive ketones (excluding diaryl/α,β-unsaturated/α-hetero) is 1. The standard InChI is InChI=1S/C23H29NO4/c1-12-5-8-15-21(2,3)16(25)9-10-23(15)22(12,4)11-13-6-7-14-17(18(13)28-23)20(27)24-19(14)26/h6-7,12,15,20,27H,5,8-11H2,1-4H3,(H,24,26)/t12-,15-,20?,22+,23-/m0/s1. The van der Waals surface area contributed by atoms with Crippen molar-refractivity contribution in [1.82, 2.24) is 5.32 Å². The lowest BCUT2D eigenvalue weighted by molar-refractivity contribution is -0.209. The number of aliphatic hydroxyl groups excluding tert-OH is 1. The van der Waals surface area contributed by atoms with Gasteiger partial charge in [-0.25, -0.2) is 0 Å². The molecular formula is C23H29NO4. The number of rotatable bonds is 0. The van der Waals surface area contributed by atoms with Crippen LogP contribution in [0.5, 0.6) is 5.75 Å². The average molecular weight is 383 g/mol. The third-order valence-corrected chi connectivity index (χ3v) is 8.72. The Morgan fingerprint density at radius 2 is 1.93 bits per heavy atom. The molecule has 1 spiro atoms. The van der Waals surface area contributed by atoms with E-state index in [0.29, 0.717) is 41.4 Å². The molecule has 2 aliphatic heterocycles. The molecule has 1 unspecified atom stereocenters. The van der Waals surface area contributed by atoms with Gasteiger partial charge < -0.3 is 15.2 Å². The molecule has 2 saturated carbocycles. The summed E-state index contributed by atoms with van der Waals surface area (Å²) in [5.41, 5.74) is 1.17. The van der Waals surface area contributed by atoms with Crippen LogP contribution in [-0.4, -0.2) is 22.4 Å². The first-order chi connectivity index (χ1) is 13.1. The first-order valence-electron chi connectivity index (χ1n) is 10.5. The van der Waals surface area contributed by atoms with E-state index >= 15 is 0 Å². The molecule has 2 aliphatic carbocycles. The van der Waals surface area contributed by atoms with Gasteiger partial charge in [0, 0.05) is 23.2 Å². The number of hydrogen-bond donors (Lipinski definition) is 2. The first kappa shape index (κ1) is 18.2. The Morgan fingerprint density at radius 3 is 2.68 bits per heavy atom. The van der Waals surface area contributed by atoms with E-state index in [2.05, 4.69) is 33.0 Å². The minimum Gasteiger partial charge on any atom is -0.486 e. The van der Waals surface area contributed by atoms with Crippen LogP contribution in [0.25, 0.3) is 0 Å². The number of nitrogens with one attached hydrogen (secondary N) is 1. The molecule has 4 aliphatic rings. The summed E-state index contributed by atoms with van der Waals surface area (Å²) >= 11 is 0. The maximum Gasteiger partial charge on any atom is 0.254 e. The number of aliphatic hydroxyl groups is 1. The summed E-state index contributed by atoms with van der Waals surface area (Å²) < 4.78 is 6.94. The second kappa shape index (κ2) is 5.38. The van der Waals surface area contributed by atoms with Crippen LogP contribution in [0.15, 0.2) is 12.1 Å². The summed E-state index contributed by atoms with van der Waals surface area (Å²) in [4.78, 5) is 25.0. The molecule has 1 amide bonds. The van der Waals surface area contributed by atoms with Crippen molar-refractivity contribution in [1.29, 1.82) is 0 Å². The van der Waals surface area contributed by atoms with Crippen LogP contribution in [-0.2, 0) is 11.2 Å². The van der Waals surface area contributed by atoms with Crippen molar-refractivity contribution in [2.45, 2.75) is 71.6 Å². The number of carbonyl (C=O) groups is 2. The fourth-order valence-corrected chi connectivity index (χ4v) is 6.79. The van der Waals surface area contributed by atoms with Gasteiger partial charge in [0.2, 0.25) is 0 Å². The molecule has 0 radical (unpaired) electrons. The molecule has 0 aromatic heterocycles. The van der Waals surface area contributed by atoms with Crippen LogP contribution >= 0.6 is 0 Å². The lowest BCUT2D eigenvalue weighted by Gasteiger charge is -2.65. The highest BCUT2D eigenvalue weighted by atomic mass is 16.5. The number of hydrogen-bond acceptors (Lipinski definition) is 4. The molecule has 0 saturated heterocycles. The van der Waals surface area contributed by atoms with Crippen molar-refractivity contribution in [2.24, 2.45) is 22.7 Å². The number of ether oxygens (including phenoxy) is 1.